The van der Waals surface area contributed by atoms with Crippen molar-refractivity contribution < 1.29 is 14.3 Å². The molecule has 0 aliphatic heterocycles. The third kappa shape index (κ3) is 7.14. The summed E-state index contributed by atoms with van der Waals surface area (Å²) < 4.78 is 5.61. The summed E-state index contributed by atoms with van der Waals surface area (Å²) in [7, 11) is 0. The molecular formula is C24H15Cl4N3O3. The summed E-state index contributed by atoms with van der Waals surface area (Å²) >= 11 is 23.8. The predicted octanol–water partition coefficient (Wildman–Crippen LogP) is 6.86. The monoisotopic (exact) mass is 533 g/mol. The Labute approximate surface area is 215 Å². The number of carbonyl (C=O) groups is 2. The van der Waals surface area contributed by atoms with Crippen LogP contribution in [0.2, 0.25) is 20.1 Å². The standard InChI is InChI=1S/C24H15Cl4N3O3/c25-16-2-1-3-18(10-16)31-24(33)15(12-29)8-14-9-17(26)4-7-22(14)34-13-23(32)30-19-5-6-20(27)21(28)11-19/h1-11H,13H2,(H,30,32)(H,31,33)/b15-8-. The Hall–Kier alpha value is -3.21. The van der Waals surface area contributed by atoms with Crippen LogP contribution < -0.4 is 15.4 Å². The average molecular weight is 535 g/mol. The maximum atomic E-state index is 12.6. The Balaban J connectivity index is 1.74. The van der Waals surface area contributed by atoms with E-state index in [1.807, 2.05) is 6.07 Å². The van der Waals surface area contributed by atoms with Gasteiger partial charge in [-0.15, -0.1) is 0 Å². The van der Waals surface area contributed by atoms with Crippen molar-refractivity contribution in [1.82, 2.24) is 0 Å². The molecule has 172 valence electrons. The number of nitriles is 1. The quantitative estimate of drug-likeness (QED) is 0.256. The number of nitrogens with zero attached hydrogens (tertiary/aromatic N) is 1. The molecule has 3 aromatic rings. The molecule has 2 N–H and O–H groups in total. The molecule has 0 bridgehead atoms. The van der Waals surface area contributed by atoms with Crippen LogP contribution in [0.1, 0.15) is 5.56 Å². The summed E-state index contributed by atoms with van der Waals surface area (Å²) in [6.07, 6.45) is 1.32. The van der Waals surface area contributed by atoms with Crippen molar-refractivity contribution >= 4 is 75.7 Å². The van der Waals surface area contributed by atoms with Crippen molar-refractivity contribution in [2.45, 2.75) is 0 Å². The van der Waals surface area contributed by atoms with Gasteiger partial charge in [0.15, 0.2) is 6.61 Å². The van der Waals surface area contributed by atoms with Gasteiger partial charge >= 0.3 is 0 Å². The second-order valence-electron chi connectivity index (χ2n) is 6.78. The normalized spacial score (nSPS) is 10.9. The van der Waals surface area contributed by atoms with Crippen molar-refractivity contribution in [2.24, 2.45) is 0 Å². The molecule has 6 nitrogen and oxygen atoms in total. The van der Waals surface area contributed by atoms with Crippen molar-refractivity contribution in [3.63, 3.8) is 0 Å². The fraction of sp³-hybridized carbons (Fsp3) is 0.0417. The molecule has 0 heterocycles. The molecule has 2 amide bonds. The van der Waals surface area contributed by atoms with E-state index in [9.17, 15) is 14.9 Å². The highest BCUT2D eigenvalue weighted by molar-refractivity contribution is 6.42. The molecule has 0 aliphatic rings. The zero-order chi connectivity index (χ0) is 24.7. The van der Waals surface area contributed by atoms with Gasteiger partial charge in [-0.2, -0.15) is 5.26 Å². The maximum absolute atomic E-state index is 12.6. The summed E-state index contributed by atoms with van der Waals surface area (Å²) in [4.78, 5) is 24.9. The van der Waals surface area contributed by atoms with Crippen molar-refractivity contribution in [1.29, 1.82) is 5.26 Å². The molecule has 0 aliphatic carbocycles. The predicted molar refractivity (Wildman–Crippen MR) is 136 cm³/mol. The Morgan fingerprint density at radius 3 is 2.32 bits per heavy atom. The maximum Gasteiger partial charge on any atom is 0.266 e. The van der Waals surface area contributed by atoms with Gasteiger partial charge in [0.25, 0.3) is 11.8 Å². The highest BCUT2D eigenvalue weighted by Crippen LogP contribution is 2.27. The van der Waals surface area contributed by atoms with Crippen molar-refractivity contribution in [2.75, 3.05) is 17.2 Å². The highest BCUT2D eigenvalue weighted by atomic mass is 35.5. The Morgan fingerprint density at radius 1 is 0.882 bits per heavy atom. The van der Waals surface area contributed by atoms with Gasteiger partial charge in [-0.05, 0) is 60.7 Å². The molecule has 0 fully saturated rings. The minimum Gasteiger partial charge on any atom is -0.483 e. The summed E-state index contributed by atoms with van der Waals surface area (Å²) in [6.45, 7) is -0.348. The minimum absolute atomic E-state index is 0.202. The van der Waals surface area contributed by atoms with Gasteiger partial charge in [0, 0.05) is 27.0 Å². The van der Waals surface area contributed by atoms with Crippen molar-refractivity contribution in [3.8, 4) is 11.8 Å². The number of ether oxygens (including phenoxy) is 1. The van der Waals surface area contributed by atoms with E-state index in [0.29, 0.717) is 37.0 Å². The summed E-state index contributed by atoms with van der Waals surface area (Å²) in [6, 6.07) is 17.6. The van der Waals surface area contributed by atoms with Gasteiger partial charge in [-0.1, -0.05) is 52.5 Å². The SMILES string of the molecule is N#C/C(=C/c1cc(Cl)ccc1OCC(=O)Nc1ccc(Cl)c(Cl)c1)C(=O)Nc1cccc(Cl)c1. The fourth-order valence-electron chi connectivity index (χ4n) is 2.75. The van der Waals surface area contributed by atoms with Gasteiger partial charge in [-0.25, -0.2) is 0 Å². The van der Waals surface area contributed by atoms with Crippen LogP contribution in [0.25, 0.3) is 6.08 Å². The fourth-order valence-corrected chi connectivity index (χ4v) is 3.42. The van der Waals surface area contributed by atoms with Gasteiger partial charge in [0.2, 0.25) is 0 Å². The zero-order valence-corrected chi connectivity index (χ0v) is 20.3. The molecule has 3 rings (SSSR count). The second kappa shape index (κ2) is 11.8. The molecule has 10 heteroatoms. The molecule has 0 spiro atoms. The molecule has 0 unspecified atom stereocenters. The highest BCUT2D eigenvalue weighted by Gasteiger charge is 2.13. The number of carbonyl (C=O) groups excluding carboxylic acids is 2. The number of anilines is 2. The van der Waals surface area contributed by atoms with E-state index in [1.54, 1.807) is 42.5 Å². The largest absolute Gasteiger partial charge is 0.483 e. The van der Waals surface area contributed by atoms with E-state index in [1.165, 1.54) is 24.3 Å². The number of benzene rings is 3. The van der Waals surface area contributed by atoms with Crippen LogP contribution in [-0.4, -0.2) is 18.4 Å². The minimum atomic E-state index is -0.645. The third-order valence-electron chi connectivity index (χ3n) is 4.28. The Morgan fingerprint density at radius 2 is 1.62 bits per heavy atom. The number of amides is 2. The van der Waals surface area contributed by atoms with E-state index in [0.717, 1.165) is 0 Å². The van der Waals surface area contributed by atoms with E-state index in [-0.39, 0.29) is 17.9 Å². The third-order valence-corrected chi connectivity index (χ3v) is 5.49. The lowest BCUT2D eigenvalue weighted by molar-refractivity contribution is -0.118. The molecule has 0 radical (unpaired) electrons. The smallest absolute Gasteiger partial charge is 0.266 e. The van der Waals surface area contributed by atoms with Crippen LogP contribution >= 0.6 is 46.4 Å². The molecule has 0 atom stereocenters. The summed E-state index contributed by atoms with van der Waals surface area (Å²) in [5, 5.41) is 16.2. The number of hydrogen-bond acceptors (Lipinski definition) is 4. The van der Waals surface area contributed by atoms with Gasteiger partial charge < -0.3 is 15.4 Å². The van der Waals surface area contributed by atoms with Gasteiger partial charge in [-0.3, -0.25) is 9.59 Å². The van der Waals surface area contributed by atoms with E-state index in [2.05, 4.69) is 10.6 Å². The molecule has 0 saturated heterocycles. The number of nitrogens with one attached hydrogen (secondary N) is 2. The first kappa shape index (κ1) is 25.4. The summed E-state index contributed by atoms with van der Waals surface area (Å²) in [5.41, 5.74) is 1.02. The average Bonchev–Trinajstić information content (AvgIpc) is 2.79. The van der Waals surface area contributed by atoms with Crippen LogP contribution in [0.4, 0.5) is 11.4 Å². The van der Waals surface area contributed by atoms with Crippen LogP contribution in [0.5, 0.6) is 5.75 Å². The zero-order valence-electron chi connectivity index (χ0n) is 17.2. The summed E-state index contributed by atoms with van der Waals surface area (Å²) in [5.74, 6) is -0.854. The van der Waals surface area contributed by atoms with Gasteiger partial charge in [0.1, 0.15) is 17.4 Å². The first-order valence-corrected chi connectivity index (χ1v) is 11.1. The van der Waals surface area contributed by atoms with Crippen LogP contribution in [0, 0.1) is 11.3 Å². The lowest BCUT2D eigenvalue weighted by atomic mass is 10.1. The number of halogens is 4. The molecule has 34 heavy (non-hydrogen) atoms. The first-order valence-electron chi connectivity index (χ1n) is 9.61. The number of hydrogen-bond donors (Lipinski definition) is 2. The Kier molecular flexibility index (Phi) is 8.80. The van der Waals surface area contributed by atoms with Crippen LogP contribution in [0.3, 0.4) is 0 Å². The lowest BCUT2D eigenvalue weighted by Crippen LogP contribution is -2.20. The molecule has 3 aromatic carbocycles. The lowest BCUT2D eigenvalue weighted by Gasteiger charge is -2.11. The first-order chi connectivity index (χ1) is 16.2. The van der Waals surface area contributed by atoms with Crippen LogP contribution in [0.15, 0.2) is 66.2 Å². The van der Waals surface area contributed by atoms with E-state index in [4.69, 9.17) is 51.1 Å². The van der Waals surface area contributed by atoms with E-state index >= 15 is 0 Å². The van der Waals surface area contributed by atoms with Crippen molar-refractivity contribution in [3.05, 3.63) is 91.9 Å². The van der Waals surface area contributed by atoms with E-state index < -0.39 is 11.8 Å². The Bertz CT molecular complexity index is 1320. The molecule has 0 saturated carbocycles. The molecule has 0 aromatic heterocycles. The van der Waals surface area contributed by atoms with Crippen LogP contribution in [-0.2, 0) is 9.59 Å². The number of rotatable bonds is 7. The topological polar surface area (TPSA) is 91.2 Å². The molecular weight excluding hydrogens is 520 g/mol. The second-order valence-corrected chi connectivity index (χ2v) is 8.47. The van der Waals surface area contributed by atoms with Gasteiger partial charge in [0.05, 0.1) is 10.0 Å².